The van der Waals surface area contributed by atoms with Crippen LogP contribution in [-0.2, 0) is 6.42 Å². The first kappa shape index (κ1) is 18.4. The minimum Gasteiger partial charge on any atom is -0.502 e. The van der Waals surface area contributed by atoms with Gasteiger partial charge >= 0.3 is 0 Å². The molecule has 0 radical (unpaired) electrons. The molecule has 0 spiro atoms. The van der Waals surface area contributed by atoms with E-state index in [1.54, 1.807) is 12.1 Å². The SMILES string of the molecule is C=CCc1ccc(Oc2cc([C@H](O)C=C)cc(OC)c2O)c(OC)c1. The fourth-order valence-electron chi connectivity index (χ4n) is 2.35. The molecule has 25 heavy (non-hydrogen) atoms. The van der Waals surface area contributed by atoms with E-state index in [1.165, 1.54) is 32.4 Å². The molecule has 1 atom stereocenters. The van der Waals surface area contributed by atoms with Gasteiger partial charge in [0.05, 0.1) is 20.3 Å². The standard InChI is InChI=1S/C20H22O5/c1-5-7-13-8-9-16(17(10-13)23-3)25-19-12-14(15(21)6-2)11-18(24-4)20(19)22/h5-6,8-12,15,21-22H,1-2,7H2,3-4H3/t15-/m1/s1. The molecule has 0 bridgehead atoms. The number of aliphatic hydroxyl groups excluding tert-OH is 1. The van der Waals surface area contributed by atoms with Crippen molar-refractivity contribution in [2.75, 3.05) is 14.2 Å². The molecule has 0 fully saturated rings. The Morgan fingerprint density at radius 1 is 1.00 bits per heavy atom. The van der Waals surface area contributed by atoms with Crippen molar-refractivity contribution in [2.45, 2.75) is 12.5 Å². The highest BCUT2D eigenvalue weighted by molar-refractivity contribution is 5.56. The van der Waals surface area contributed by atoms with E-state index in [9.17, 15) is 10.2 Å². The summed E-state index contributed by atoms with van der Waals surface area (Å²) in [6, 6.07) is 8.53. The number of aromatic hydroxyl groups is 1. The monoisotopic (exact) mass is 342 g/mol. The lowest BCUT2D eigenvalue weighted by Crippen LogP contribution is -1.98. The first-order valence-corrected chi connectivity index (χ1v) is 7.71. The number of hydrogen-bond donors (Lipinski definition) is 2. The Morgan fingerprint density at radius 3 is 2.28 bits per heavy atom. The molecule has 0 aromatic heterocycles. The molecule has 0 aliphatic rings. The van der Waals surface area contributed by atoms with Crippen LogP contribution in [0.1, 0.15) is 17.2 Å². The van der Waals surface area contributed by atoms with Crippen LogP contribution in [0.2, 0.25) is 0 Å². The maximum atomic E-state index is 10.3. The van der Waals surface area contributed by atoms with Crippen LogP contribution in [0.5, 0.6) is 28.7 Å². The Kier molecular flexibility index (Phi) is 6.08. The Hall–Kier alpha value is -2.92. The van der Waals surface area contributed by atoms with Crippen molar-refractivity contribution in [3.05, 3.63) is 66.8 Å². The molecule has 132 valence electrons. The highest BCUT2D eigenvalue weighted by Gasteiger charge is 2.17. The van der Waals surface area contributed by atoms with Gasteiger partial charge in [-0.2, -0.15) is 0 Å². The van der Waals surface area contributed by atoms with Gasteiger partial charge in [0.2, 0.25) is 5.75 Å². The molecule has 2 aromatic rings. The summed E-state index contributed by atoms with van der Waals surface area (Å²) in [4.78, 5) is 0. The van der Waals surface area contributed by atoms with Crippen LogP contribution in [-0.4, -0.2) is 24.4 Å². The first-order chi connectivity index (χ1) is 12.0. The van der Waals surface area contributed by atoms with Gasteiger partial charge in [0.15, 0.2) is 23.0 Å². The number of rotatable bonds is 8. The molecule has 0 aliphatic heterocycles. The van der Waals surface area contributed by atoms with Crippen molar-refractivity contribution < 1.29 is 24.4 Å². The van der Waals surface area contributed by atoms with Crippen LogP contribution in [0.4, 0.5) is 0 Å². The largest absolute Gasteiger partial charge is 0.502 e. The number of methoxy groups -OCH3 is 2. The zero-order chi connectivity index (χ0) is 18.4. The summed E-state index contributed by atoms with van der Waals surface area (Å²) in [6.07, 6.45) is 2.97. The smallest absolute Gasteiger partial charge is 0.201 e. The van der Waals surface area contributed by atoms with E-state index in [4.69, 9.17) is 14.2 Å². The predicted molar refractivity (Wildman–Crippen MR) is 96.8 cm³/mol. The van der Waals surface area contributed by atoms with Crippen molar-refractivity contribution >= 4 is 0 Å². The minimum absolute atomic E-state index is 0.144. The molecule has 2 aromatic carbocycles. The lowest BCUT2D eigenvalue weighted by atomic mass is 10.1. The van der Waals surface area contributed by atoms with Crippen molar-refractivity contribution in [3.63, 3.8) is 0 Å². The normalized spacial score (nSPS) is 11.5. The second-order valence-electron chi connectivity index (χ2n) is 5.33. The highest BCUT2D eigenvalue weighted by Crippen LogP contribution is 2.43. The number of allylic oxidation sites excluding steroid dienone is 1. The van der Waals surface area contributed by atoms with Crippen LogP contribution in [0.3, 0.4) is 0 Å². The van der Waals surface area contributed by atoms with Gasteiger partial charge in [0.25, 0.3) is 0 Å². The van der Waals surface area contributed by atoms with E-state index in [-0.39, 0.29) is 17.2 Å². The van der Waals surface area contributed by atoms with Crippen molar-refractivity contribution in [3.8, 4) is 28.7 Å². The Labute approximate surface area is 147 Å². The number of hydrogen-bond acceptors (Lipinski definition) is 5. The number of ether oxygens (including phenoxy) is 3. The molecule has 0 amide bonds. The molecule has 5 heteroatoms. The second-order valence-corrected chi connectivity index (χ2v) is 5.33. The van der Waals surface area contributed by atoms with Gasteiger partial charge in [0.1, 0.15) is 0 Å². The van der Waals surface area contributed by atoms with Gasteiger partial charge < -0.3 is 24.4 Å². The Balaban J connectivity index is 2.45. The van der Waals surface area contributed by atoms with Crippen LogP contribution in [0.25, 0.3) is 0 Å². The molecule has 5 nitrogen and oxygen atoms in total. The molecule has 2 rings (SSSR count). The average molecular weight is 342 g/mol. The zero-order valence-electron chi connectivity index (χ0n) is 14.4. The van der Waals surface area contributed by atoms with Crippen LogP contribution < -0.4 is 14.2 Å². The van der Waals surface area contributed by atoms with Crippen LogP contribution >= 0.6 is 0 Å². The number of aliphatic hydroxyl groups is 1. The number of benzene rings is 2. The van der Waals surface area contributed by atoms with Crippen molar-refractivity contribution in [2.24, 2.45) is 0 Å². The van der Waals surface area contributed by atoms with E-state index in [2.05, 4.69) is 13.2 Å². The summed E-state index contributed by atoms with van der Waals surface area (Å²) in [7, 11) is 2.96. The van der Waals surface area contributed by atoms with E-state index in [0.29, 0.717) is 23.5 Å². The lowest BCUT2D eigenvalue weighted by Gasteiger charge is -2.16. The van der Waals surface area contributed by atoms with Crippen molar-refractivity contribution in [1.82, 2.24) is 0 Å². The zero-order valence-corrected chi connectivity index (χ0v) is 14.4. The fraction of sp³-hybridized carbons (Fsp3) is 0.200. The summed E-state index contributed by atoms with van der Waals surface area (Å²) < 4.78 is 16.3. The second kappa shape index (κ2) is 8.26. The maximum absolute atomic E-state index is 10.3. The van der Waals surface area contributed by atoms with Crippen LogP contribution in [0.15, 0.2) is 55.6 Å². The summed E-state index contributed by atoms with van der Waals surface area (Å²) in [5, 5.41) is 20.3. The molecular formula is C20H22O5. The topological polar surface area (TPSA) is 68.2 Å². The van der Waals surface area contributed by atoms with E-state index < -0.39 is 6.10 Å². The third-order valence-electron chi connectivity index (χ3n) is 3.67. The molecule has 0 heterocycles. The van der Waals surface area contributed by atoms with Gasteiger partial charge in [-0.05, 0) is 41.8 Å². The van der Waals surface area contributed by atoms with Gasteiger partial charge in [-0.1, -0.05) is 18.2 Å². The maximum Gasteiger partial charge on any atom is 0.201 e. The summed E-state index contributed by atoms with van der Waals surface area (Å²) >= 11 is 0. The fourth-order valence-corrected chi connectivity index (χ4v) is 2.35. The molecule has 0 saturated carbocycles. The third-order valence-corrected chi connectivity index (χ3v) is 3.67. The van der Waals surface area contributed by atoms with Crippen LogP contribution in [0, 0.1) is 0 Å². The third kappa shape index (κ3) is 4.14. The van der Waals surface area contributed by atoms with Gasteiger partial charge in [-0.15, -0.1) is 13.2 Å². The summed E-state index contributed by atoms with van der Waals surface area (Å²) in [6.45, 7) is 7.28. The lowest BCUT2D eigenvalue weighted by molar-refractivity contribution is 0.227. The van der Waals surface area contributed by atoms with Gasteiger partial charge in [-0.25, -0.2) is 0 Å². The quantitative estimate of drug-likeness (QED) is 0.705. The Bertz CT molecular complexity index is 767. The predicted octanol–water partition coefficient (Wildman–Crippen LogP) is 4.15. The van der Waals surface area contributed by atoms with Gasteiger partial charge in [0, 0.05) is 0 Å². The first-order valence-electron chi connectivity index (χ1n) is 7.71. The summed E-state index contributed by atoms with van der Waals surface area (Å²) in [5.74, 6) is 1.12. The molecular weight excluding hydrogens is 320 g/mol. The molecule has 2 N–H and O–H groups in total. The molecule has 0 aliphatic carbocycles. The van der Waals surface area contributed by atoms with Crippen molar-refractivity contribution in [1.29, 1.82) is 0 Å². The van der Waals surface area contributed by atoms with E-state index in [1.807, 2.05) is 12.1 Å². The Morgan fingerprint density at radius 2 is 1.68 bits per heavy atom. The molecule has 0 saturated heterocycles. The number of phenolic OH excluding ortho intramolecular Hbond substituents is 1. The highest BCUT2D eigenvalue weighted by atomic mass is 16.5. The number of phenols is 1. The van der Waals surface area contributed by atoms with E-state index in [0.717, 1.165) is 5.56 Å². The van der Waals surface area contributed by atoms with E-state index >= 15 is 0 Å². The summed E-state index contributed by atoms with van der Waals surface area (Å²) in [5.41, 5.74) is 1.51. The van der Waals surface area contributed by atoms with Gasteiger partial charge in [-0.3, -0.25) is 0 Å². The molecule has 0 unspecified atom stereocenters. The minimum atomic E-state index is -0.909. The average Bonchev–Trinajstić information content (AvgIpc) is 2.63.